The van der Waals surface area contributed by atoms with Crippen LogP contribution < -0.4 is 5.32 Å². The highest BCUT2D eigenvalue weighted by atomic mass is 15.0. The first-order chi connectivity index (χ1) is 6.76. The van der Waals surface area contributed by atoms with Gasteiger partial charge in [0.25, 0.3) is 0 Å². The zero-order chi connectivity index (χ0) is 10.4. The van der Waals surface area contributed by atoms with Crippen molar-refractivity contribution in [3.63, 3.8) is 0 Å². The van der Waals surface area contributed by atoms with E-state index in [9.17, 15) is 0 Å². The quantitative estimate of drug-likeness (QED) is 0.791. The highest BCUT2D eigenvalue weighted by Gasteiger charge is 2.00. The molecule has 0 aliphatic rings. The van der Waals surface area contributed by atoms with Gasteiger partial charge in [-0.2, -0.15) is 5.26 Å². The maximum Gasteiger partial charge on any atom is 0.126 e. The average Bonchev–Trinajstić information content (AvgIpc) is 2.19. The van der Waals surface area contributed by atoms with Gasteiger partial charge >= 0.3 is 0 Å². The molecule has 74 valence electrons. The summed E-state index contributed by atoms with van der Waals surface area (Å²) in [5.74, 6) is 0.854. The smallest absolute Gasteiger partial charge is 0.126 e. The van der Waals surface area contributed by atoms with Crippen LogP contribution in [-0.2, 0) is 6.42 Å². The Morgan fingerprint density at radius 1 is 1.57 bits per heavy atom. The minimum absolute atomic E-state index is 0.371. The molecule has 0 aromatic carbocycles. The molecule has 1 unspecified atom stereocenters. The van der Waals surface area contributed by atoms with Crippen molar-refractivity contribution >= 4 is 5.82 Å². The third-order valence-electron chi connectivity index (χ3n) is 2.07. The van der Waals surface area contributed by atoms with Gasteiger partial charge < -0.3 is 5.32 Å². The molecule has 1 rings (SSSR count). The topological polar surface area (TPSA) is 48.7 Å². The van der Waals surface area contributed by atoms with E-state index in [2.05, 4.69) is 30.2 Å². The molecular weight excluding hydrogens is 174 g/mol. The number of nitriles is 1. The lowest BCUT2D eigenvalue weighted by atomic mass is 10.2. The average molecular weight is 189 g/mol. The largest absolute Gasteiger partial charge is 0.368 e. The summed E-state index contributed by atoms with van der Waals surface area (Å²) in [6.45, 7) is 4.23. The van der Waals surface area contributed by atoms with Crippen LogP contribution in [0.15, 0.2) is 18.2 Å². The molecule has 0 aliphatic heterocycles. The van der Waals surface area contributed by atoms with Crippen molar-refractivity contribution in [2.24, 2.45) is 0 Å². The summed E-state index contributed by atoms with van der Waals surface area (Å²) < 4.78 is 0. The predicted octanol–water partition coefficient (Wildman–Crippen LogP) is 2.36. The number of aromatic nitrogens is 1. The summed E-state index contributed by atoms with van der Waals surface area (Å²) in [6, 6.07) is 8.22. The molecule has 0 fully saturated rings. The van der Waals surface area contributed by atoms with E-state index in [4.69, 9.17) is 5.26 Å². The molecule has 1 atom stereocenters. The van der Waals surface area contributed by atoms with Crippen LogP contribution in [0.2, 0.25) is 0 Å². The second-order valence-corrected chi connectivity index (χ2v) is 3.30. The Kier molecular flexibility index (Phi) is 3.93. The minimum atomic E-state index is 0.371. The van der Waals surface area contributed by atoms with Crippen LogP contribution >= 0.6 is 0 Å². The Morgan fingerprint density at radius 2 is 2.36 bits per heavy atom. The molecule has 1 aromatic rings. The Morgan fingerprint density at radius 3 is 3.00 bits per heavy atom. The lowest BCUT2D eigenvalue weighted by molar-refractivity contribution is 0.758. The maximum absolute atomic E-state index is 8.53. The Hall–Kier alpha value is -1.56. The zero-order valence-corrected chi connectivity index (χ0v) is 8.62. The van der Waals surface area contributed by atoms with Crippen LogP contribution in [0.1, 0.15) is 26.0 Å². The molecule has 1 aromatic heterocycles. The van der Waals surface area contributed by atoms with Crippen molar-refractivity contribution in [3.05, 3.63) is 23.9 Å². The molecule has 0 aliphatic carbocycles. The SMILES string of the molecule is CCC(C)Nc1cccc(CC#N)n1. The monoisotopic (exact) mass is 189 g/mol. The van der Waals surface area contributed by atoms with Gasteiger partial charge in [0.2, 0.25) is 0 Å². The molecule has 0 saturated heterocycles. The van der Waals surface area contributed by atoms with E-state index in [1.54, 1.807) is 0 Å². The second-order valence-electron chi connectivity index (χ2n) is 3.30. The number of hydrogen-bond donors (Lipinski definition) is 1. The molecule has 14 heavy (non-hydrogen) atoms. The van der Waals surface area contributed by atoms with Crippen LogP contribution in [0.5, 0.6) is 0 Å². The van der Waals surface area contributed by atoms with Gasteiger partial charge in [-0.1, -0.05) is 13.0 Å². The molecule has 0 amide bonds. The Bertz CT molecular complexity index is 328. The number of hydrogen-bond acceptors (Lipinski definition) is 3. The summed E-state index contributed by atoms with van der Waals surface area (Å²) in [5, 5.41) is 11.8. The van der Waals surface area contributed by atoms with Crippen molar-refractivity contribution in [1.82, 2.24) is 4.98 Å². The van der Waals surface area contributed by atoms with Gasteiger partial charge in [-0.25, -0.2) is 4.98 Å². The van der Waals surface area contributed by atoms with Crippen molar-refractivity contribution in [2.75, 3.05) is 5.32 Å². The first kappa shape index (κ1) is 10.5. The number of anilines is 1. The fourth-order valence-corrected chi connectivity index (χ4v) is 1.09. The molecule has 3 nitrogen and oxygen atoms in total. The van der Waals surface area contributed by atoms with E-state index >= 15 is 0 Å². The maximum atomic E-state index is 8.53. The second kappa shape index (κ2) is 5.23. The fraction of sp³-hybridized carbons (Fsp3) is 0.455. The van der Waals surface area contributed by atoms with Crippen molar-refractivity contribution in [3.8, 4) is 6.07 Å². The minimum Gasteiger partial charge on any atom is -0.368 e. The van der Waals surface area contributed by atoms with Gasteiger partial charge in [-0.05, 0) is 25.5 Å². The van der Waals surface area contributed by atoms with E-state index in [-0.39, 0.29) is 0 Å². The molecular formula is C11H15N3. The van der Waals surface area contributed by atoms with E-state index in [1.165, 1.54) is 0 Å². The predicted molar refractivity (Wildman–Crippen MR) is 56.9 cm³/mol. The summed E-state index contributed by atoms with van der Waals surface area (Å²) in [7, 11) is 0. The molecule has 0 spiro atoms. The van der Waals surface area contributed by atoms with E-state index in [0.717, 1.165) is 17.9 Å². The molecule has 0 radical (unpaired) electrons. The van der Waals surface area contributed by atoms with Gasteiger partial charge in [0.15, 0.2) is 0 Å². The van der Waals surface area contributed by atoms with Gasteiger partial charge in [0.05, 0.1) is 18.2 Å². The number of nitrogens with zero attached hydrogens (tertiary/aromatic N) is 2. The number of rotatable bonds is 4. The lowest BCUT2D eigenvalue weighted by Crippen LogP contribution is -2.14. The zero-order valence-electron chi connectivity index (χ0n) is 8.62. The van der Waals surface area contributed by atoms with Gasteiger partial charge in [0, 0.05) is 6.04 Å². The lowest BCUT2D eigenvalue weighted by Gasteiger charge is -2.12. The highest BCUT2D eigenvalue weighted by molar-refractivity contribution is 5.36. The van der Waals surface area contributed by atoms with Crippen LogP contribution in [-0.4, -0.2) is 11.0 Å². The molecule has 0 bridgehead atoms. The number of nitrogens with one attached hydrogen (secondary N) is 1. The van der Waals surface area contributed by atoms with Gasteiger partial charge in [0.1, 0.15) is 5.82 Å². The summed E-state index contributed by atoms with van der Waals surface area (Å²) in [6.07, 6.45) is 1.43. The normalized spacial score (nSPS) is 11.8. The molecule has 3 heteroatoms. The fourth-order valence-electron chi connectivity index (χ4n) is 1.09. The van der Waals surface area contributed by atoms with E-state index in [0.29, 0.717) is 12.5 Å². The van der Waals surface area contributed by atoms with Gasteiger partial charge in [-0.15, -0.1) is 0 Å². The van der Waals surface area contributed by atoms with Crippen LogP contribution in [0, 0.1) is 11.3 Å². The Labute approximate surface area is 84.8 Å². The third kappa shape index (κ3) is 3.06. The van der Waals surface area contributed by atoms with Crippen molar-refractivity contribution in [2.45, 2.75) is 32.7 Å². The summed E-state index contributed by atoms with van der Waals surface area (Å²) in [5.41, 5.74) is 0.820. The van der Waals surface area contributed by atoms with Crippen LogP contribution in [0.25, 0.3) is 0 Å². The van der Waals surface area contributed by atoms with Crippen LogP contribution in [0.3, 0.4) is 0 Å². The Balaban J connectivity index is 2.69. The van der Waals surface area contributed by atoms with Crippen LogP contribution in [0.4, 0.5) is 5.82 Å². The first-order valence-electron chi connectivity index (χ1n) is 4.85. The molecule has 1 N–H and O–H groups in total. The van der Waals surface area contributed by atoms with Crippen molar-refractivity contribution in [1.29, 1.82) is 5.26 Å². The standard InChI is InChI=1S/C11H15N3/c1-3-9(2)13-11-6-4-5-10(14-11)7-8-12/h4-6,9H,3,7H2,1-2H3,(H,13,14). The third-order valence-corrected chi connectivity index (χ3v) is 2.07. The van der Waals surface area contributed by atoms with Gasteiger partial charge in [-0.3, -0.25) is 0 Å². The highest BCUT2D eigenvalue weighted by Crippen LogP contribution is 2.07. The molecule has 1 heterocycles. The number of pyridine rings is 1. The summed E-state index contributed by atoms with van der Waals surface area (Å²) >= 11 is 0. The first-order valence-corrected chi connectivity index (χ1v) is 4.85. The van der Waals surface area contributed by atoms with Crippen molar-refractivity contribution < 1.29 is 0 Å². The van der Waals surface area contributed by atoms with E-state index < -0.39 is 0 Å². The van der Waals surface area contributed by atoms with E-state index in [1.807, 2.05) is 18.2 Å². The summed E-state index contributed by atoms with van der Waals surface area (Å²) in [4.78, 5) is 4.32. The molecule has 0 saturated carbocycles.